The Balaban J connectivity index is 1.71. The maximum absolute atomic E-state index is 12.4. The zero-order valence-electron chi connectivity index (χ0n) is 12.6. The first kappa shape index (κ1) is 15.0. The molecule has 4 nitrogen and oxygen atoms in total. The quantitative estimate of drug-likeness (QED) is 0.642. The summed E-state index contributed by atoms with van der Waals surface area (Å²) < 4.78 is 0. The van der Waals surface area contributed by atoms with Crippen molar-refractivity contribution in [2.24, 2.45) is 0 Å². The number of rotatable bonds is 4. The van der Waals surface area contributed by atoms with E-state index in [0.717, 1.165) is 42.2 Å². The van der Waals surface area contributed by atoms with Crippen molar-refractivity contribution < 1.29 is 4.79 Å². The zero-order chi connectivity index (χ0) is 15.4. The van der Waals surface area contributed by atoms with Crippen molar-refractivity contribution in [2.45, 2.75) is 30.0 Å². The minimum atomic E-state index is -0.114. The smallest absolute Gasteiger partial charge is 0.235 e. The predicted molar refractivity (Wildman–Crippen MR) is 88.6 cm³/mol. The van der Waals surface area contributed by atoms with Gasteiger partial charge in [-0.1, -0.05) is 42.1 Å². The molecule has 1 aromatic heterocycles. The number of benzene rings is 1. The summed E-state index contributed by atoms with van der Waals surface area (Å²) in [6.45, 7) is 3.74. The van der Waals surface area contributed by atoms with Crippen LogP contribution < -0.4 is 0 Å². The third kappa shape index (κ3) is 3.47. The Labute approximate surface area is 135 Å². The molecule has 0 aliphatic carbocycles. The Kier molecular flexibility index (Phi) is 4.73. The molecule has 0 spiro atoms. The van der Waals surface area contributed by atoms with Crippen LogP contribution in [-0.4, -0.2) is 39.1 Å². The van der Waals surface area contributed by atoms with E-state index in [0.29, 0.717) is 0 Å². The molecular formula is C17H19N3OS. The molecule has 0 radical (unpaired) electrons. The maximum Gasteiger partial charge on any atom is 0.235 e. The third-order valence-electron chi connectivity index (χ3n) is 3.77. The molecule has 114 valence electrons. The van der Waals surface area contributed by atoms with Crippen LogP contribution in [0, 0.1) is 0 Å². The number of hydrogen-bond acceptors (Lipinski definition) is 4. The fraction of sp³-hybridized carbons (Fsp3) is 0.353. The first-order valence-corrected chi connectivity index (χ1v) is 8.45. The lowest BCUT2D eigenvalue weighted by Gasteiger charge is -2.19. The van der Waals surface area contributed by atoms with Crippen LogP contribution in [0.25, 0.3) is 11.3 Å². The van der Waals surface area contributed by atoms with Gasteiger partial charge in [-0.3, -0.25) is 4.79 Å². The van der Waals surface area contributed by atoms with Gasteiger partial charge >= 0.3 is 0 Å². The molecule has 1 aliphatic rings. The highest BCUT2D eigenvalue weighted by atomic mass is 32.2. The number of carbonyl (C=O) groups excluding carboxylic acids is 1. The number of aromatic nitrogens is 2. The summed E-state index contributed by atoms with van der Waals surface area (Å²) >= 11 is 1.51. The van der Waals surface area contributed by atoms with Gasteiger partial charge in [0.1, 0.15) is 11.4 Å². The summed E-state index contributed by atoms with van der Waals surface area (Å²) in [5.41, 5.74) is 1.95. The summed E-state index contributed by atoms with van der Waals surface area (Å²) in [6.07, 6.45) is 3.81. The molecule has 1 aliphatic heterocycles. The van der Waals surface area contributed by atoms with E-state index in [1.54, 1.807) is 6.33 Å². The topological polar surface area (TPSA) is 46.1 Å². The van der Waals surface area contributed by atoms with Gasteiger partial charge in [0.2, 0.25) is 5.91 Å². The molecule has 1 aromatic carbocycles. The van der Waals surface area contributed by atoms with Gasteiger partial charge in [0, 0.05) is 18.7 Å². The van der Waals surface area contributed by atoms with Gasteiger partial charge in [0.15, 0.2) is 0 Å². The Hall–Kier alpha value is -1.88. The number of nitrogens with zero attached hydrogens (tertiary/aromatic N) is 3. The fourth-order valence-corrected chi connectivity index (χ4v) is 3.50. The summed E-state index contributed by atoms with van der Waals surface area (Å²) in [5.74, 6) is 0.211. The lowest BCUT2D eigenvalue weighted by Crippen LogP contribution is -2.34. The van der Waals surface area contributed by atoms with Gasteiger partial charge in [-0.2, -0.15) is 0 Å². The van der Waals surface area contributed by atoms with Gasteiger partial charge < -0.3 is 4.90 Å². The average molecular weight is 313 g/mol. The minimum Gasteiger partial charge on any atom is -0.342 e. The summed E-state index contributed by atoms with van der Waals surface area (Å²) in [5, 5.41) is 0.727. The van der Waals surface area contributed by atoms with E-state index < -0.39 is 0 Å². The first-order chi connectivity index (χ1) is 10.7. The monoisotopic (exact) mass is 313 g/mol. The molecule has 2 aromatic rings. The van der Waals surface area contributed by atoms with Crippen molar-refractivity contribution in [1.82, 2.24) is 14.9 Å². The third-order valence-corrected chi connectivity index (χ3v) is 4.79. The van der Waals surface area contributed by atoms with Gasteiger partial charge in [-0.05, 0) is 25.8 Å². The lowest BCUT2D eigenvalue weighted by molar-refractivity contribution is -0.129. The van der Waals surface area contributed by atoms with E-state index in [2.05, 4.69) is 9.97 Å². The molecular weight excluding hydrogens is 294 g/mol. The number of thioether (sulfide) groups is 1. The highest BCUT2D eigenvalue weighted by Crippen LogP contribution is 2.26. The van der Waals surface area contributed by atoms with Crippen molar-refractivity contribution in [1.29, 1.82) is 0 Å². The summed E-state index contributed by atoms with van der Waals surface area (Å²) in [4.78, 5) is 22.9. The summed E-state index contributed by atoms with van der Waals surface area (Å²) in [7, 11) is 0. The second-order valence-corrected chi connectivity index (χ2v) is 6.76. The largest absolute Gasteiger partial charge is 0.342 e. The Morgan fingerprint density at radius 1 is 1.18 bits per heavy atom. The molecule has 1 saturated heterocycles. The van der Waals surface area contributed by atoms with E-state index in [4.69, 9.17) is 0 Å². The predicted octanol–water partition coefficient (Wildman–Crippen LogP) is 3.25. The number of amides is 1. The van der Waals surface area contributed by atoms with Gasteiger partial charge in [0.05, 0.1) is 10.9 Å². The SMILES string of the molecule is C[C@@H](Sc1cc(-c2ccccc2)ncn1)C(=O)N1CCCC1. The van der Waals surface area contributed by atoms with E-state index in [1.807, 2.05) is 48.2 Å². The number of hydrogen-bond donors (Lipinski definition) is 0. The van der Waals surface area contributed by atoms with Crippen LogP contribution in [0.15, 0.2) is 47.8 Å². The van der Waals surface area contributed by atoms with Gasteiger partial charge in [0.25, 0.3) is 0 Å². The molecule has 5 heteroatoms. The lowest BCUT2D eigenvalue weighted by atomic mass is 10.1. The van der Waals surface area contributed by atoms with Crippen LogP contribution in [0.4, 0.5) is 0 Å². The maximum atomic E-state index is 12.4. The molecule has 22 heavy (non-hydrogen) atoms. The zero-order valence-corrected chi connectivity index (χ0v) is 13.4. The van der Waals surface area contributed by atoms with E-state index in [9.17, 15) is 4.79 Å². The molecule has 3 rings (SSSR count). The fourth-order valence-electron chi connectivity index (χ4n) is 2.60. The minimum absolute atomic E-state index is 0.114. The van der Waals surface area contributed by atoms with Crippen LogP contribution in [0.2, 0.25) is 0 Å². The second-order valence-electron chi connectivity index (χ2n) is 5.40. The Morgan fingerprint density at radius 3 is 2.64 bits per heavy atom. The first-order valence-electron chi connectivity index (χ1n) is 7.57. The molecule has 0 bridgehead atoms. The highest BCUT2D eigenvalue weighted by Gasteiger charge is 2.24. The molecule has 0 N–H and O–H groups in total. The molecule has 1 atom stereocenters. The molecule has 1 fully saturated rings. The molecule has 0 unspecified atom stereocenters. The van der Waals surface area contributed by atoms with E-state index in [1.165, 1.54) is 11.8 Å². The number of carbonyl (C=O) groups is 1. The Bertz CT molecular complexity index is 641. The molecule has 2 heterocycles. The second kappa shape index (κ2) is 6.92. The van der Waals surface area contributed by atoms with Crippen molar-refractivity contribution in [3.05, 3.63) is 42.7 Å². The van der Waals surface area contributed by atoms with Crippen molar-refractivity contribution in [3.8, 4) is 11.3 Å². The standard InChI is InChI=1S/C17H19N3OS/c1-13(17(21)20-9-5-6-10-20)22-16-11-15(18-12-19-16)14-7-3-2-4-8-14/h2-4,7-8,11-13H,5-6,9-10H2,1H3/t13-/m1/s1. The average Bonchev–Trinajstić information content (AvgIpc) is 3.09. The Morgan fingerprint density at radius 2 is 1.91 bits per heavy atom. The van der Waals surface area contributed by atoms with Crippen LogP contribution in [0.5, 0.6) is 0 Å². The molecule has 1 amide bonds. The normalized spacial score (nSPS) is 15.8. The van der Waals surface area contributed by atoms with Crippen LogP contribution in [0.1, 0.15) is 19.8 Å². The van der Waals surface area contributed by atoms with Crippen molar-refractivity contribution >= 4 is 17.7 Å². The summed E-state index contributed by atoms with van der Waals surface area (Å²) in [6, 6.07) is 12.0. The van der Waals surface area contributed by atoms with Gasteiger partial charge in [-0.15, -0.1) is 0 Å². The van der Waals surface area contributed by atoms with Crippen LogP contribution in [0.3, 0.4) is 0 Å². The van der Waals surface area contributed by atoms with E-state index in [-0.39, 0.29) is 11.2 Å². The van der Waals surface area contributed by atoms with Crippen molar-refractivity contribution in [3.63, 3.8) is 0 Å². The van der Waals surface area contributed by atoms with Gasteiger partial charge in [-0.25, -0.2) is 9.97 Å². The van der Waals surface area contributed by atoms with Crippen LogP contribution >= 0.6 is 11.8 Å². The van der Waals surface area contributed by atoms with E-state index >= 15 is 0 Å². The molecule has 0 saturated carbocycles. The highest BCUT2D eigenvalue weighted by molar-refractivity contribution is 8.00. The van der Waals surface area contributed by atoms with Crippen LogP contribution in [-0.2, 0) is 4.79 Å². The van der Waals surface area contributed by atoms with Crippen molar-refractivity contribution in [2.75, 3.05) is 13.1 Å². The number of likely N-dealkylation sites (tertiary alicyclic amines) is 1.